The molecule has 0 unspecified atom stereocenters. The monoisotopic (exact) mass is 390 g/mol. The van der Waals surface area contributed by atoms with Gasteiger partial charge < -0.3 is 20.7 Å². The number of carbonyl (C=O) groups is 1. The summed E-state index contributed by atoms with van der Waals surface area (Å²) in [5.41, 5.74) is 6.42. The first kappa shape index (κ1) is 18.3. The number of carbonyl (C=O) groups excluding carboxylic acids is 1. The minimum absolute atomic E-state index is 0.133. The number of phenolic OH excluding ortho intramolecular Hbond substituents is 2. The number of nitrogens with two attached hydrogens (primary N) is 1. The molecule has 4 aromatic rings. The molecule has 0 spiro atoms. The van der Waals surface area contributed by atoms with Crippen molar-refractivity contribution in [2.75, 3.05) is 7.11 Å². The van der Waals surface area contributed by atoms with Crippen molar-refractivity contribution in [1.82, 2.24) is 14.8 Å². The maximum atomic E-state index is 11.6. The van der Waals surface area contributed by atoms with Crippen molar-refractivity contribution in [2.45, 2.75) is 6.42 Å². The number of aromatic nitrogens is 3. The van der Waals surface area contributed by atoms with Gasteiger partial charge in [-0.1, -0.05) is 36.4 Å². The molecule has 146 valence electrons. The highest BCUT2D eigenvalue weighted by molar-refractivity contribution is 5.91. The topological polar surface area (TPSA) is 123 Å². The fraction of sp³-hybridized carbons (Fsp3) is 0.0952. The molecular weight excluding hydrogens is 372 g/mol. The summed E-state index contributed by atoms with van der Waals surface area (Å²) in [6, 6.07) is 16.1. The van der Waals surface area contributed by atoms with Crippen molar-refractivity contribution < 1.29 is 19.7 Å². The van der Waals surface area contributed by atoms with Gasteiger partial charge in [-0.05, 0) is 17.5 Å². The van der Waals surface area contributed by atoms with Gasteiger partial charge in [-0.3, -0.25) is 9.36 Å². The molecule has 29 heavy (non-hydrogen) atoms. The zero-order valence-corrected chi connectivity index (χ0v) is 15.5. The van der Waals surface area contributed by atoms with E-state index in [1.807, 2.05) is 42.5 Å². The molecule has 0 saturated carbocycles. The molecule has 3 aromatic carbocycles. The number of hydrogen-bond acceptors (Lipinski definition) is 6. The first-order chi connectivity index (χ1) is 14.0. The molecule has 0 fully saturated rings. The highest BCUT2D eigenvalue weighted by atomic mass is 16.5. The second-order valence-corrected chi connectivity index (χ2v) is 6.46. The van der Waals surface area contributed by atoms with Crippen LogP contribution in [0.4, 0.5) is 0 Å². The number of aromatic hydroxyl groups is 2. The standard InChI is InChI=1S/C21H18N4O4/c1-29-18-9-14(16(26)10-17(18)27)21-24-23-20(11-19(22)28)25(21)15-8-4-6-12-5-2-3-7-13(12)15/h2-10,26-27H,11H2,1H3,(H2,22,28). The highest BCUT2D eigenvalue weighted by Crippen LogP contribution is 2.39. The Morgan fingerprint density at radius 2 is 1.83 bits per heavy atom. The Labute approximate surface area is 165 Å². The van der Waals surface area contributed by atoms with Crippen molar-refractivity contribution in [2.24, 2.45) is 5.73 Å². The normalized spacial score (nSPS) is 10.9. The van der Waals surface area contributed by atoms with Crippen LogP contribution in [-0.4, -0.2) is 38.0 Å². The first-order valence-corrected chi connectivity index (χ1v) is 8.80. The minimum Gasteiger partial charge on any atom is -0.507 e. The van der Waals surface area contributed by atoms with Gasteiger partial charge in [-0.15, -0.1) is 10.2 Å². The van der Waals surface area contributed by atoms with Crippen LogP contribution in [0.15, 0.2) is 54.6 Å². The molecule has 0 bridgehead atoms. The van der Waals surface area contributed by atoms with E-state index in [1.165, 1.54) is 19.2 Å². The van der Waals surface area contributed by atoms with E-state index in [9.17, 15) is 15.0 Å². The summed E-state index contributed by atoms with van der Waals surface area (Å²) in [5.74, 6) is -0.187. The number of rotatable bonds is 5. The second-order valence-electron chi connectivity index (χ2n) is 6.46. The molecule has 1 aromatic heterocycles. The molecule has 1 heterocycles. The second kappa shape index (κ2) is 7.16. The zero-order chi connectivity index (χ0) is 20.5. The van der Waals surface area contributed by atoms with Crippen LogP contribution < -0.4 is 10.5 Å². The van der Waals surface area contributed by atoms with E-state index in [-0.39, 0.29) is 35.1 Å². The smallest absolute Gasteiger partial charge is 0.225 e. The number of hydrogen-bond donors (Lipinski definition) is 3. The summed E-state index contributed by atoms with van der Waals surface area (Å²) in [7, 11) is 1.41. The van der Waals surface area contributed by atoms with Crippen LogP contribution in [0.1, 0.15) is 5.82 Å². The first-order valence-electron chi connectivity index (χ1n) is 8.80. The van der Waals surface area contributed by atoms with E-state index in [1.54, 1.807) is 4.57 Å². The third kappa shape index (κ3) is 3.20. The summed E-state index contributed by atoms with van der Waals surface area (Å²) in [6.45, 7) is 0. The number of nitrogens with zero attached hydrogens (tertiary/aromatic N) is 3. The minimum atomic E-state index is -0.557. The van der Waals surface area contributed by atoms with Crippen LogP contribution in [0, 0.1) is 0 Å². The van der Waals surface area contributed by atoms with E-state index >= 15 is 0 Å². The maximum Gasteiger partial charge on any atom is 0.225 e. The molecule has 4 N–H and O–H groups in total. The lowest BCUT2D eigenvalue weighted by Crippen LogP contribution is -2.17. The van der Waals surface area contributed by atoms with Gasteiger partial charge in [0.1, 0.15) is 11.6 Å². The third-order valence-corrected chi connectivity index (χ3v) is 4.61. The van der Waals surface area contributed by atoms with Crippen LogP contribution in [0.25, 0.3) is 27.8 Å². The molecule has 0 aliphatic heterocycles. The van der Waals surface area contributed by atoms with Gasteiger partial charge in [0.25, 0.3) is 0 Å². The largest absolute Gasteiger partial charge is 0.507 e. The highest BCUT2D eigenvalue weighted by Gasteiger charge is 2.22. The summed E-state index contributed by atoms with van der Waals surface area (Å²) >= 11 is 0. The van der Waals surface area contributed by atoms with Crippen LogP contribution in [0.2, 0.25) is 0 Å². The van der Waals surface area contributed by atoms with Crippen molar-refractivity contribution >= 4 is 16.7 Å². The van der Waals surface area contributed by atoms with E-state index in [2.05, 4.69) is 10.2 Å². The van der Waals surface area contributed by atoms with Crippen molar-refractivity contribution in [3.8, 4) is 34.3 Å². The Morgan fingerprint density at radius 1 is 1.07 bits per heavy atom. The van der Waals surface area contributed by atoms with E-state index < -0.39 is 5.91 Å². The maximum absolute atomic E-state index is 11.6. The van der Waals surface area contributed by atoms with E-state index in [4.69, 9.17) is 10.5 Å². The van der Waals surface area contributed by atoms with Gasteiger partial charge in [0.2, 0.25) is 5.91 Å². The SMILES string of the molecule is COc1cc(-c2nnc(CC(N)=O)n2-c2cccc3ccccc23)c(O)cc1O. The Bertz CT molecular complexity index is 1230. The van der Waals surface area contributed by atoms with Gasteiger partial charge in [0.05, 0.1) is 24.8 Å². The molecule has 0 atom stereocenters. The zero-order valence-electron chi connectivity index (χ0n) is 15.5. The van der Waals surface area contributed by atoms with Crippen molar-refractivity contribution in [1.29, 1.82) is 0 Å². The Kier molecular flexibility index (Phi) is 4.52. The van der Waals surface area contributed by atoms with E-state index in [0.717, 1.165) is 16.5 Å². The molecule has 8 nitrogen and oxygen atoms in total. The lowest BCUT2D eigenvalue weighted by atomic mass is 10.1. The van der Waals surface area contributed by atoms with Crippen molar-refractivity contribution in [3.63, 3.8) is 0 Å². The van der Waals surface area contributed by atoms with Gasteiger partial charge in [0.15, 0.2) is 17.3 Å². The molecule has 0 radical (unpaired) electrons. The Balaban J connectivity index is 2.03. The number of primary amides is 1. The van der Waals surface area contributed by atoms with Gasteiger partial charge in [-0.2, -0.15) is 0 Å². The molecule has 8 heteroatoms. The predicted molar refractivity (Wildman–Crippen MR) is 107 cm³/mol. The Hall–Kier alpha value is -4.07. The van der Waals surface area contributed by atoms with Gasteiger partial charge in [0, 0.05) is 11.5 Å². The molecule has 4 rings (SSSR count). The Morgan fingerprint density at radius 3 is 2.59 bits per heavy atom. The third-order valence-electron chi connectivity index (χ3n) is 4.61. The number of benzene rings is 3. The van der Waals surface area contributed by atoms with Crippen molar-refractivity contribution in [3.05, 3.63) is 60.4 Å². The quantitative estimate of drug-likeness (QED) is 0.481. The number of phenols is 2. The summed E-state index contributed by atoms with van der Waals surface area (Å²) in [5, 5.41) is 30.6. The van der Waals surface area contributed by atoms with E-state index in [0.29, 0.717) is 5.82 Å². The molecule has 1 amide bonds. The van der Waals surface area contributed by atoms with Crippen LogP contribution in [0.3, 0.4) is 0 Å². The number of ether oxygens (including phenoxy) is 1. The summed E-state index contributed by atoms with van der Waals surface area (Å²) in [6.07, 6.45) is -0.133. The molecule has 0 saturated heterocycles. The lowest BCUT2D eigenvalue weighted by molar-refractivity contribution is -0.117. The summed E-state index contributed by atoms with van der Waals surface area (Å²) in [4.78, 5) is 11.6. The average Bonchev–Trinajstić information content (AvgIpc) is 3.10. The van der Waals surface area contributed by atoms with Crippen LogP contribution in [0.5, 0.6) is 17.2 Å². The molecule has 0 aliphatic carbocycles. The molecular formula is C21H18N4O4. The molecule has 0 aliphatic rings. The predicted octanol–water partition coefficient (Wildman–Crippen LogP) is 2.54. The van der Waals surface area contributed by atoms with Crippen LogP contribution in [-0.2, 0) is 11.2 Å². The van der Waals surface area contributed by atoms with Crippen LogP contribution >= 0.6 is 0 Å². The fourth-order valence-corrected chi connectivity index (χ4v) is 3.32. The summed E-state index contributed by atoms with van der Waals surface area (Å²) < 4.78 is 6.84. The number of amides is 1. The number of methoxy groups -OCH3 is 1. The average molecular weight is 390 g/mol. The number of fused-ring (bicyclic) bond motifs is 1. The van der Waals surface area contributed by atoms with Gasteiger partial charge >= 0.3 is 0 Å². The fourth-order valence-electron chi connectivity index (χ4n) is 3.32. The lowest BCUT2D eigenvalue weighted by Gasteiger charge is -2.14. The van der Waals surface area contributed by atoms with Gasteiger partial charge in [-0.25, -0.2) is 0 Å².